The van der Waals surface area contributed by atoms with Gasteiger partial charge in [-0.25, -0.2) is 0 Å². The van der Waals surface area contributed by atoms with Crippen molar-refractivity contribution in [2.75, 3.05) is 13.1 Å². The van der Waals surface area contributed by atoms with Gasteiger partial charge >= 0.3 is 0 Å². The molecule has 1 fully saturated rings. The summed E-state index contributed by atoms with van der Waals surface area (Å²) in [5.74, 6) is 1.38. The second kappa shape index (κ2) is 6.85. The molecule has 0 radical (unpaired) electrons. The normalized spacial score (nSPS) is 18.7. The van der Waals surface area contributed by atoms with Crippen molar-refractivity contribution in [1.82, 2.24) is 5.32 Å². The van der Waals surface area contributed by atoms with E-state index in [1.54, 1.807) is 22.3 Å². The molecule has 0 amide bonds. The van der Waals surface area contributed by atoms with Gasteiger partial charge in [-0.2, -0.15) is 0 Å². The summed E-state index contributed by atoms with van der Waals surface area (Å²) in [5, 5.41) is 3.52. The van der Waals surface area contributed by atoms with Crippen LogP contribution in [0.4, 0.5) is 0 Å². The lowest BCUT2D eigenvalue weighted by molar-refractivity contribution is 0.342. The summed E-state index contributed by atoms with van der Waals surface area (Å²) in [7, 11) is 0. The number of nitrogens with one attached hydrogen (secondary N) is 1. The van der Waals surface area contributed by atoms with E-state index in [9.17, 15) is 0 Å². The smallest absolute Gasteiger partial charge is 0.0124 e. The Balaban J connectivity index is 0.00000144. The molecule has 1 N–H and O–H groups in total. The Bertz CT molecular complexity index is 584. The van der Waals surface area contributed by atoms with Crippen molar-refractivity contribution < 1.29 is 0 Å². The van der Waals surface area contributed by atoms with E-state index < -0.39 is 0 Å². The predicted octanol–water partition coefficient (Wildman–Crippen LogP) is 4.34. The van der Waals surface area contributed by atoms with Crippen LogP contribution in [0.25, 0.3) is 0 Å². The Morgan fingerprint density at radius 1 is 0.727 bits per heavy atom. The van der Waals surface area contributed by atoms with Crippen LogP contribution in [0.1, 0.15) is 41.0 Å². The van der Waals surface area contributed by atoms with Crippen molar-refractivity contribution >= 4 is 12.4 Å². The van der Waals surface area contributed by atoms with Gasteiger partial charge in [-0.3, -0.25) is 0 Å². The summed E-state index contributed by atoms with van der Waals surface area (Å²) in [6, 6.07) is 18.3. The maximum Gasteiger partial charge on any atom is 0.0124 e. The Kier molecular flexibility index (Phi) is 4.85. The Morgan fingerprint density at radius 2 is 1.23 bits per heavy atom. The topological polar surface area (TPSA) is 12.0 Å². The first kappa shape index (κ1) is 15.6. The van der Waals surface area contributed by atoms with E-state index in [1.165, 1.54) is 38.8 Å². The van der Waals surface area contributed by atoms with Gasteiger partial charge in [0.05, 0.1) is 0 Å². The Morgan fingerprint density at radius 3 is 1.77 bits per heavy atom. The molecule has 2 aromatic rings. The number of fused-ring (bicyclic) bond motifs is 2. The highest BCUT2D eigenvalue weighted by atomic mass is 35.5. The maximum absolute atomic E-state index is 3.52. The molecule has 1 heterocycles. The molecule has 0 spiro atoms. The molecule has 2 aromatic carbocycles. The van der Waals surface area contributed by atoms with Crippen LogP contribution in [0, 0.1) is 5.92 Å². The number of rotatable bonds is 1. The lowest BCUT2D eigenvalue weighted by Crippen LogP contribution is -2.31. The molecule has 0 aromatic heterocycles. The van der Waals surface area contributed by atoms with E-state index in [-0.39, 0.29) is 12.4 Å². The first-order valence-electron chi connectivity index (χ1n) is 8.30. The van der Waals surface area contributed by atoms with Crippen molar-refractivity contribution in [2.45, 2.75) is 31.6 Å². The predicted molar refractivity (Wildman–Crippen MR) is 95.0 cm³/mol. The van der Waals surface area contributed by atoms with Crippen LogP contribution in [0.5, 0.6) is 0 Å². The summed E-state index contributed by atoms with van der Waals surface area (Å²) >= 11 is 0. The highest BCUT2D eigenvalue weighted by Gasteiger charge is 2.30. The highest BCUT2D eigenvalue weighted by molar-refractivity contribution is 5.85. The summed E-state index contributed by atoms with van der Waals surface area (Å²) in [6.07, 6.45) is 4.98. The maximum atomic E-state index is 3.52. The van der Waals surface area contributed by atoms with Crippen LogP contribution in [-0.4, -0.2) is 13.1 Å². The third-order valence-electron chi connectivity index (χ3n) is 5.30. The highest BCUT2D eigenvalue weighted by Crippen LogP contribution is 2.42. The molecular formula is C20H24ClN. The monoisotopic (exact) mass is 313 g/mol. The van der Waals surface area contributed by atoms with Gasteiger partial charge in [0, 0.05) is 5.92 Å². The average Bonchev–Trinajstić information content (AvgIpc) is 2.72. The van der Waals surface area contributed by atoms with E-state index in [2.05, 4.69) is 53.8 Å². The largest absolute Gasteiger partial charge is 0.317 e. The molecule has 1 aliphatic carbocycles. The second-order valence-corrected chi connectivity index (χ2v) is 6.46. The first-order valence-corrected chi connectivity index (χ1v) is 8.30. The van der Waals surface area contributed by atoms with Crippen molar-refractivity contribution in [3.05, 3.63) is 70.8 Å². The number of hydrogen-bond donors (Lipinski definition) is 1. The zero-order valence-electron chi connectivity index (χ0n) is 12.9. The first-order chi connectivity index (χ1) is 10.4. The fraction of sp³-hybridized carbons (Fsp3) is 0.400. The molecule has 22 heavy (non-hydrogen) atoms. The second-order valence-electron chi connectivity index (χ2n) is 6.46. The molecule has 1 nitrogen and oxygen atoms in total. The molecule has 2 aliphatic rings. The Hall–Kier alpha value is -1.31. The molecule has 1 aliphatic heterocycles. The van der Waals surface area contributed by atoms with E-state index in [4.69, 9.17) is 0 Å². The van der Waals surface area contributed by atoms with Crippen LogP contribution in [-0.2, 0) is 12.8 Å². The third kappa shape index (κ3) is 2.80. The lowest BCUT2D eigenvalue weighted by Gasteiger charge is -2.32. The number of benzene rings is 2. The van der Waals surface area contributed by atoms with Gasteiger partial charge in [0.1, 0.15) is 0 Å². The zero-order chi connectivity index (χ0) is 14.1. The molecule has 116 valence electrons. The van der Waals surface area contributed by atoms with Gasteiger partial charge < -0.3 is 5.32 Å². The molecule has 0 bridgehead atoms. The summed E-state index contributed by atoms with van der Waals surface area (Å²) < 4.78 is 0. The van der Waals surface area contributed by atoms with E-state index >= 15 is 0 Å². The average molecular weight is 314 g/mol. The lowest BCUT2D eigenvalue weighted by atomic mass is 9.75. The van der Waals surface area contributed by atoms with Crippen molar-refractivity contribution in [1.29, 1.82) is 0 Å². The molecule has 0 unspecified atom stereocenters. The Labute approximate surface area is 139 Å². The fourth-order valence-corrected chi connectivity index (χ4v) is 4.25. The summed E-state index contributed by atoms with van der Waals surface area (Å²) in [5.41, 5.74) is 6.32. The minimum absolute atomic E-state index is 0. The fourth-order valence-electron chi connectivity index (χ4n) is 4.25. The van der Waals surface area contributed by atoms with Crippen LogP contribution >= 0.6 is 12.4 Å². The number of halogens is 1. The molecule has 4 rings (SSSR count). The summed E-state index contributed by atoms with van der Waals surface area (Å²) in [6.45, 7) is 2.34. The molecule has 0 atom stereocenters. The SMILES string of the molecule is Cl.c1ccc2c(c1)CCc1ccccc1C2C1CCNCC1. The van der Waals surface area contributed by atoms with Gasteiger partial charge in [-0.1, -0.05) is 48.5 Å². The van der Waals surface area contributed by atoms with Crippen molar-refractivity contribution in [2.24, 2.45) is 5.92 Å². The molecule has 0 saturated carbocycles. The van der Waals surface area contributed by atoms with Crippen molar-refractivity contribution in [3.8, 4) is 0 Å². The number of piperidine rings is 1. The van der Waals surface area contributed by atoms with E-state index in [0.29, 0.717) is 5.92 Å². The van der Waals surface area contributed by atoms with Crippen LogP contribution in [0.3, 0.4) is 0 Å². The van der Waals surface area contributed by atoms with Gasteiger partial charge in [-0.15, -0.1) is 12.4 Å². The van der Waals surface area contributed by atoms with Gasteiger partial charge in [0.2, 0.25) is 0 Å². The number of aryl methyl sites for hydroxylation is 2. The standard InChI is InChI=1S/C20H23N.ClH/c1-3-7-18-15(5-1)9-10-16-6-2-4-8-19(16)20(18)17-11-13-21-14-12-17;/h1-8,17,20-21H,9-14H2;1H. The van der Waals surface area contributed by atoms with Crippen molar-refractivity contribution in [3.63, 3.8) is 0 Å². The van der Waals surface area contributed by atoms with Crippen LogP contribution < -0.4 is 5.32 Å². The van der Waals surface area contributed by atoms with Crippen LogP contribution in [0.2, 0.25) is 0 Å². The van der Waals surface area contributed by atoms with Gasteiger partial charge in [-0.05, 0) is 66.9 Å². The quantitative estimate of drug-likeness (QED) is 0.826. The number of hydrogen-bond acceptors (Lipinski definition) is 1. The summed E-state index contributed by atoms with van der Waals surface area (Å²) in [4.78, 5) is 0. The molecule has 2 heteroatoms. The third-order valence-corrected chi connectivity index (χ3v) is 5.30. The van der Waals surface area contributed by atoms with Gasteiger partial charge in [0.25, 0.3) is 0 Å². The van der Waals surface area contributed by atoms with E-state index in [0.717, 1.165) is 5.92 Å². The van der Waals surface area contributed by atoms with Crippen LogP contribution in [0.15, 0.2) is 48.5 Å². The minimum Gasteiger partial charge on any atom is -0.317 e. The van der Waals surface area contributed by atoms with Gasteiger partial charge in [0.15, 0.2) is 0 Å². The van der Waals surface area contributed by atoms with E-state index in [1.807, 2.05) is 0 Å². The zero-order valence-corrected chi connectivity index (χ0v) is 13.7. The minimum atomic E-state index is 0. The molecular weight excluding hydrogens is 290 g/mol. The molecule has 1 saturated heterocycles.